The zero-order valence-corrected chi connectivity index (χ0v) is 15.5. The Morgan fingerprint density at radius 3 is 2.67 bits per heavy atom. The molecule has 0 aliphatic heterocycles. The summed E-state index contributed by atoms with van der Waals surface area (Å²) in [6, 6.07) is 0. The molecule has 0 saturated heterocycles. The van der Waals surface area contributed by atoms with Crippen LogP contribution in [0.2, 0.25) is 0 Å². The van der Waals surface area contributed by atoms with Gasteiger partial charge in [0.05, 0.1) is 11.4 Å². The number of aromatic nitrogens is 4. The predicted octanol–water partition coefficient (Wildman–Crippen LogP) is 3.59. The van der Waals surface area contributed by atoms with Gasteiger partial charge in [0, 0.05) is 17.8 Å². The van der Waals surface area contributed by atoms with E-state index in [9.17, 15) is 9.59 Å². The largest absolute Gasteiger partial charge is 0.355 e. The van der Waals surface area contributed by atoms with Gasteiger partial charge >= 0.3 is 0 Å². The number of H-pyrrole nitrogens is 1. The lowest BCUT2D eigenvalue weighted by Crippen LogP contribution is -2.07. The van der Waals surface area contributed by atoms with E-state index in [0.29, 0.717) is 11.3 Å². The van der Waals surface area contributed by atoms with E-state index in [1.54, 1.807) is 6.33 Å². The molecule has 0 fully saturated rings. The highest BCUT2D eigenvalue weighted by Gasteiger charge is 2.20. The minimum Gasteiger partial charge on any atom is -0.355 e. The van der Waals surface area contributed by atoms with Gasteiger partial charge in [0.1, 0.15) is 6.33 Å². The van der Waals surface area contributed by atoms with Crippen molar-refractivity contribution in [2.75, 3.05) is 5.75 Å². The molecule has 0 aliphatic rings. The van der Waals surface area contributed by atoms with Gasteiger partial charge in [-0.15, -0.1) is 10.2 Å². The van der Waals surface area contributed by atoms with Crippen LogP contribution in [0.5, 0.6) is 0 Å². The lowest BCUT2D eigenvalue weighted by atomic mass is 10.1. The number of Topliss-reactive ketones (excluding diaryl/α,β-unsaturated/α-hetero) is 2. The molecule has 2 aromatic heterocycles. The number of aryl methyl sites for hydroxylation is 2. The molecule has 0 unspecified atom stereocenters. The third-order valence-corrected chi connectivity index (χ3v) is 4.96. The number of ketones is 2. The molecule has 130 valence electrons. The summed E-state index contributed by atoms with van der Waals surface area (Å²) in [5.74, 6) is 0.213. The first-order valence-corrected chi connectivity index (χ1v) is 9.18. The van der Waals surface area contributed by atoms with Gasteiger partial charge in [0.2, 0.25) is 0 Å². The van der Waals surface area contributed by atoms with Crippen LogP contribution in [-0.2, 0) is 6.54 Å². The Bertz CT molecular complexity index is 733. The van der Waals surface area contributed by atoms with Crippen molar-refractivity contribution in [1.29, 1.82) is 0 Å². The summed E-state index contributed by atoms with van der Waals surface area (Å²) < 4.78 is 1.99. The number of nitrogens with zero attached hydrogens (tertiary/aromatic N) is 3. The van der Waals surface area contributed by atoms with Crippen molar-refractivity contribution in [3.63, 3.8) is 0 Å². The van der Waals surface area contributed by atoms with Gasteiger partial charge in [-0.2, -0.15) is 0 Å². The summed E-state index contributed by atoms with van der Waals surface area (Å²) in [6.45, 7) is 8.18. The van der Waals surface area contributed by atoms with E-state index >= 15 is 0 Å². The highest BCUT2D eigenvalue weighted by Crippen LogP contribution is 2.22. The van der Waals surface area contributed by atoms with E-state index in [1.807, 2.05) is 18.4 Å². The number of carbonyl (C=O) groups excluding carboxylic acids is 2. The van der Waals surface area contributed by atoms with Crippen LogP contribution in [0.1, 0.15) is 65.2 Å². The smallest absolute Gasteiger partial charge is 0.191 e. The van der Waals surface area contributed by atoms with Crippen molar-refractivity contribution in [3.8, 4) is 0 Å². The molecule has 0 aromatic carbocycles. The monoisotopic (exact) mass is 348 g/mol. The maximum atomic E-state index is 12.5. The van der Waals surface area contributed by atoms with Crippen molar-refractivity contribution < 1.29 is 9.59 Å². The van der Waals surface area contributed by atoms with Crippen molar-refractivity contribution in [3.05, 3.63) is 28.8 Å². The van der Waals surface area contributed by atoms with E-state index < -0.39 is 0 Å². The molecule has 0 atom stereocenters. The number of carbonyl (C=O) groups is 2. The maximum absolute atomic E-state index is 12.5. The summed E-state index contributed by atoms with van der Waals surface area (Å²) in [7, 11) is 0. The van der Waals surface area contributed by atoms with Crippen molar-refractivity contribution >= 4 is 23.3 Å². The molecule has 2 heterocycles. The van der Waals surface area contributed by atoms with E-state index in [1.165, 1.54) is 18.7 Å². The third kappa shape index (κ3) is 4.14. The second-order valence-corrected chi connectivity index (χ2v) is 6.85. The zero-order valence-electron chi connectivity index (χ0n) is 14.7. The molecule has 24 heavy (non-hydrogen) atoms. The molecule has 0 saturated carbocycles. The van der Waals surface area contributed by atoms with E-state index in [-0.39, 0.29) is 17.3 Å². The van der Waals surface area contributed by atoms with Crippen LogP contribution in [-0.4, -0.2) is 37.1 Å². The molecule has 0 radical (unpaired) electrons. The van der Waals surface area contributed by atoms with E-state index in [4.69, 9.17) is 0 Å². The minimum atomic E-state index is -0.0313. The number of unbranched alkanes of at least 4 members (excludes halogenated alkanes) is 2. The van der Waals surface area contributed by atoms with Crippen molar-refractivity contribution in [2.24, 2.45) is 0 Å². The van der Waals surface area contributed by atoms with E-state index in [2.05, 4.69) is 22.1 Å². The van der Waals surface area contributed by atoms with Crippen LogP contribution >= 0.6 is 11.8 Å². The fraction of sp³-hybridized carbons (Fsp3) is 0.529. The van der Waals surface area contributed by atoms with Crippen LogP contribution in [0.15, 0.2) is 11.5 Å². The Balaban J connectivity index is 2.03. The zero-order chi connectivity index (χ0) is 17.7. The molecule has 1 N–H and O–H groups in total. The van der Waals surface area contributed by atoms with Crippen molar-refractivity contribution in [2.45, 2.75) is 58.7 Å². The molecule has 0 bridgehead atoms. The highest BCUT2D eigenvalue weighted by molar-refractivity contribution is 7.99. The first-order chi connectivity index (χ1) is 11.5. The number of aromatic amines is 1. The van der Waals surface area contributed by atoms with Gasteiger partial charge in [-0.1, -0.05) is 31.5 Å². The van der Waals surface area contributed by atoms with Crippen LogP contribution in [0.25, 0.3) is 0 Å². The number of hydrogen-bond donors (Lipinski definition) is 1. The molecule has 2 rings (SSSR count). The van der Waals surface area contributed by atoms with Crippen LogP contribution < -0.4 is 0 Å². The number of thioether (sulfide) groups is 1. The third-order valence-electron chi connectivity index (χ3n) is 3.98. The number of rotatable bonds is 9. The Hall–Kier alpha value is -1.89. The second-order valence-electron chi connectivity index (χ2n) is 5.91. The Kier molecular flexibility index (Phi) is 6.36. The molecular formula is C17H24N4O2S. The number of hydrogen-bond acceptors (Lipinski definition) is 5. The second kappa shape index (κ2) is 8.28. The minimum absolute atomic E-state index is 0.0244. The van der Waals surface area contributed by atoms with Gasteiger partial charge in [-0.25, -0.2) is 0 Å². The van der Waals surface area contributed by atoms with Crippen LogP contribution in [0.4, 0.5) is 0 Å². The molecule has 2 aromatic rings. The van der Waals surface area contributed by atoms with Gasteiger partial charge in [0.15, 0.2) is 16.7 Å². The molecule has 0 amide bonds. The molecule has 7 heteroatoms. The lowest BCUT2D eigenvalue weighted by molar-refractivity contribution is 0.101. The first-order valence-electron chi connectivity index (χ1n) is 8.19. The summed E-state index contributed by atoms with van der Waals surface area (Å²) in [6.07, 6.45) is 5.11. The Morgan fingerprint density at radius 2 is 2.04 bits per heavy atom. The quantitative estimate of drug-likeness (QED) is 0.425. The lowest BCUT2D eigenvalue weighted by Gasteiger charge is -2.05. The SMILES string of the molecule is CCCCCn1cnnc1SCC(=O)c1[nH]c(C)c(C(C)=O)c1C. The van der Waals surface area contributed by atoms with Gasteiger partial charge < -0.3 is 9.55 Å². The van der Waals surface area contributed by atoms with E-state index in [0.717, 1.165) is 42.2 Å². The predicted molar refractivity (Wildman–Crippen MR) is 94.9 cm³/mol. The summed E-state index contributed by atoms with van der Waals surface area (Å²) in [5, 5.41) is 8.79. The molecule has 6 nitrogen and oxygen atoms in total. The Morgan fingerprint density at radius 1 is 1.29 bits per heavy atom. The Labute approximate surface area is 146 Å². The highest BCUT2D eigenvalue weighted by atomic mass is 32.2. The first kappa shape index (κ1) is 18.4. The average Bonchev–Trinajstić information content (AvgIpc) is 3.09. The fourth-order valence-electron chi connectivity index (χ4n) is 2.80. The standard InChI is InChI=1S/C17H24N4O2S/c1-5-6-7-8-21-10-18-20-17(21)24-9-14(23)16-11(2)15(13(4)22)12(3)19-16/h10,19H,5-9H2,1-4H3. The van der Waals surface area contributed by atoms with Crippen LogP contribution in [0.3, 0.4) is 0 Å². The van der Waals surface area contributed by atoms with Gasteiger partial charge in [0.25, 0.3) is 0 Å². The average molecular weight is 348 g/mol. The topological polar surface area (TPSA) is 80.6 Å². The summed E-state index contributed by atoms with van der Waals surface area (Å²) >= 11 is 1.38. The number of nitrogens with one attached hydrogen (secondary N) is 1. The molecule has 0 aliphatic carbocycles. The van der Waals surface area contributed by atoms with Gasteiger partial charge in [-0.05, 0) is 32.8 Å². The molecular weight excluding hydrogens is 324 g/mol. The van der Waals surface area contributed by atoms with Crippen molar-refractivity contribution in [1.82, 2.24) is 19.7 Å². The maximum Gasteiger partial charge on any atom is 0.191 e. The summed E-state index contributed by atoms with van der Waals surface area (Å²) in [5.41, 5.74) is 2.61. The van der Waals surface area contributed by atoms with Gasteiger partial charge in [-0.3, -0.25) is 9.59 Å². The molecule has 0 spiro atoms. The van der Waals surface area contributed by atoms with Crippen LogP contribution in [0, 0.1) is 13.8 Å². The summed E-state index contributed by atoms with van der Waals surface area (Å²) in [4.78, 5) is 27.2. The normalized spacial score (nSPS) is 11.0. The fourth-order valence-corrected chi connectivity index (χ4v) is 3.61.